The third-order valence-electron chi connectivity index (χ3n) is 4.69. The zero-order valence-corrected chi connectivity index (χ0v) is 12.2. The highest BCUT2D eigenvalue weighted by Crippen LogP contribution is 2.44. The van der Waals surface area contributed by atoms with Crippen LogP contribution in [0.3, 0.4) is 0 Å². The summed E-state index contributed by atoms with van der Waals surface area (Å²) in [6, 6.07) is 7.01. The monoisotopic (exact) mass is 260 g/mol. The van der Waals surface area contributed by atoms with E-state index in [2.05, 4.69) is 49.4 Å². The zero-order valence-electron chi connectivity index (χ0n) is 12.2. The maximum absolute atomic E-state index is 6.45. The summed E-state index contributed by atoms with van der Waals surface area (Å²) >= 11 is 0. The van der Waals surface area contributed by atoms with Crippen molar-refractivity contribution >= 4 is 0 Å². The first-order chi connectivity index (χ1) is 9.12. The summed E-state index contributed by atoms with van der Waals surface area (Å²) < 4.78 is 6.45. The molecule has 0 bridgehead atoms. The van der Waals surface area contributed by atoms with Gasteiger partial charge in [0.1, 0.15) is 11.4 Å². The van der Waals surface area contributed by atoms with Gasteiger partial charge >= 0.3 is 0 Å². The van der Waals surface area contributed by atoms with E-state index in [1.54, 1.807) is 0 Å². The summed E-state index contributed by atoms with van der Waals surface area (Å²) in [6.07, 6.45) is 3.36. The lowest BCUT2D eigenvalue weighted by Crippen LogP contribution is -2.50. The highest BCUT2D eigenvalue weighted by atomic mass is 16.5. The third-order valence-corrected chi connectivity index (χ3v) is 4.69. The molecule has 0 aliphatic carbocycles. The van der Waals surface area contributed by atoms with E-state index in [9.17, 15) is 0 Å². The maximum Gasteiger partial charge on any atom is 0.125 e. The van der Waals surface area contributed by atoms with Crippen molar-refractivity contribution in [1.29, 1.82) is 0 Å². The fourth-order valence-corrected chi connectivity index (χ4v) is 3.36. The van der Waals surface area contributed by atoms with Crippen LogP contribution in [0.25, 0.3) is 0 Å². The van der Waals surface area contributed by atoms with E-state index in [0.29, 0.717) is 6.04 Å². The van der Waals surface area contributed by atoms with E-state index in [4.69, 9.17) is 4.74 Å². The fourth-order valence-electron chi connectivity index (χ4n) is 3.36. The number of rotatable bonds is 1. The molecule has 1 unspecified atom stereocenters. The molecule has 2 aliphatic heterocycles. The van der Waals surface area contributed by atoms with Crippen molar-refractivity contribution in [1.82, 2.24) is 10.2 Å². The van der Waals surface area contributed by atoms with Crippen LogP contribution >= 0.6 is 0 Å². The molecule has 0 aromatic heterocycles. The van der Waals surface area contributed by atoms with Gasteiger partial charge in [-0.3, -0.25) is 0 Å². The number of aryl methyl sites for hydroxylation is 1. The summed E-state index contributed by atoms with van der Waals surface area (Å²) in [5, 5.41) is 3.47. The largest absolute Gasteiger partial charge is 0.487 e. The predicted molar refractivity (Wildman–Crippen MR) is 77.7 cm³/mol. The van der Waals surface area contributed by atoms with Gasteiger partial charge in [0.15, 0.2) is 0 Å². The predicted octanol–water partition coefficient (Wildman–Crippen LogP) is 2.50. The number of ether oxygens (including phenoxy) is 1. The van der Waals surface area contributed by atoms with E-state index in [1.807, 2.05) is 0 Å². The quantitative estimate of drug-likeness (QED) is 0.839. The normalized spacial score (nSPS) is 25.9. The molecule has 1 N–H and O–H groups in total. The van der Waals surface area contributed by atoms with Crippen molar-refractivity contribution in [3.63, 3.8) is 0 Å². The Labute approximate surface area is 115 Å². The zero-order chi connectivity index (χ0) is 13.5. The minimum atomic E-state index is 0.0426. The van der Waals surface area contributed by atoms with Gasteiger partial charge in [0.05, 0.1) is 0 Å². The Kier molecular flexibility index (Phi) is 3.27. The van der Waals surface area contributed by atoms with Gasteiger partial charge in [0, 0.05) is 31.1 Å². The van der Waals surface area contributed by atoms with E-state index in [1.165, 1.54) is 11.1 Å². The van der Waals surface area contributed by atoms with E-state index >= 15 is 0 Å². The van der Waals surface area contributed by atoms with Gasteiger partial charge in [0.25, 0.3) is 0 Å². The Morgan fingerprint density at radius 3 is 2.74 bits per heavy atom. The molecular formula is C16H24N2O. The summed E-state index contributed by atoms with van der Waals surface area (Å²) in [5.41, 5.74) is 2.64. The second-order valence-electron chi connectivity index (χ2n) is 6.18. The van der Waals surface area contributed by atoms with Crippen molar-refractivity contribution < 1.29 is 4.74 Å². The van der Waals surface area contributed by atoms with E-state index in [0.717, 1.165) is 38.1 Å². The molecule has 1 spiro atoms. The van der Waals surface area contributed by atoms with Crippen LogP contribution in [0.1, 0.15) is 36.4 Å². The smallest absolute Gasteiger partial charge is 0.125 e. The second kappa shape index (κ2) is 4.80. The van der Waals surface area contributed by atoms with E-state index in [-0.39, 0.29) is 5.60 Å². The van der Waals surface area contributed by atoms with Crippen molar-refractivity contribution in [3.05, 3.63) is 29.3 Å². The first-order valence-corrected chi connectivity index (χ1v) is 7.27. The Hall–Kier alpha value is -1.06. The van der Waals surface area contributed by atoms with Crippen molar-refractivity contribution in [2.45, 2.75) is 37.8 Å². The van der Waals surface area contributed by atoms with Crippen LogP contribution in [0.2, 0.25) is 0 Å². The summed E-state index contributed by atoms with van der Waals surface area (Å²) in [4.78, 5) is 2.40. The molecular weight excluding hydrogens is 236 g/mol. The molecule has 3 rings (SSSR count). The maximum atomic E-state index is 6.45. The van der Waals surface area contributed by atoms with Gasteiger partial charge < -0.3 is 15.0 Å². The Balaban J connectivity index is 1.92. The number of fused-ring (bicyclic) bond motifs is 1. The van der Waals surface area contributed by atoms with Crippen LogP contribution in [0.5, 0.6) is 5.75 Å². The molecule has 3 heteroatoms. The lowest BCUT2D eigenvalue weighted by molar-refractivity contribution is -0.0195. The highest BCUT2D eigenvalue weighted by molar-refractivity contribution is 5.42. The molecule has 0 saturated carbocycles. The molecule has 0 amide bonds. The summed E-state index contributed by atoms with van der Waals surface area (Å²) in [5.74, 6) is 1.09. The number of benzene rings is 1. The molecule has 3 nitrogen and oxygen atoms in total. The van der Waals surface area contributed by atoms with Crippen molar-refractivity contribution in [2.24, 2.45) is 0 Å². The van der Waals surface area contributed by atoms with Gasteiger partial charge in [0.2, 0.25) is 0 Å². The SMILES string of the molecule is CNC1CC2(CCN(C)CC2)Oc2cc(C)ccc21. The molecule has 0 radical (unpaired) electrons. The Bertz CT molecular complexity index is 464. The topological polar surface area (TPSA) is 24.5 Å². The molecule has 2 aliphatic rings. The molecule has 104 valence electrons. The number of piperidine rings is 1. The van der Waals surface area contributed by atoms with E-state index < -0.39 is 0 Å². The Morgan fingerprint density at radius 2 is 2.05 bits per heavy atom. The highest BCUT2D eigenvalue weighted by Gasteiger charge is 2.42. The van der Waals surface area contributed by atoms with Gasteiger partial charge in [-0.2, -0.15) is 0 Å². The molecule has 19 heavy (non-hydrogen) atoms. The van der Waals surface area contributed by atoms with Gasteiger partial charge in [-0.05, 0) is 45.5 Å². The minimum Gasteiger partial charge on any atom is -0.487 e. The molecule has 1 atom stereocenters. The lowest BCUT2D eigenvalue weighted by Gasteiger charge is -2.46. The van der Waals surface area contributed by atoms with Crippen molar-refractivity contribution in [2.75, 3.05) is 27.2 Å². The molecule has 1 saturated heterocycles. The second-order valence-corrected chi connectivity index (χ2v) is 6.18. The Morgan fingerprint density at radius 1 is 1.32 bits per heavy atom. The minimum absolute atomic E-state index is 0.0426. The van der Waals surface area contributed by atoms with Crippen LogP contribution < -0.4 is 10.1 Å². The first kappa shape index (κ1) is 12.9. The molecule has 1 aromatic carbocycles. The van der Waals surface area contributed by atoms with Crippen molar-refractivity contribution in [3.8, 4) is 5.75 Å². The summed E-state index contributed by atoms with van der Waals surface area (Å²) in [6.45, 7) is 4.41. The number of hydrogen-bond donors (Lipinski definition) is 1. The van der Waals surface area contributed by atoms with Gasteiger partial charge in [-0.25, -0.2) is 0 Å². The first-order valence-electron chi connectivity index (χ1n) is 7.27. The van der Waals surface area contributed by atoms with Crippen LogP contribution in [-0.2, 0) is 0 Å². The average Bonchev–Trinajstić information content (AvgIpc) is 2.41. The lowest BCUT2D eigenvalue weighted by atomic mass is 9.80. The van der Waals surface area contributed by atoms with Crippen LogP contribution in [-0.4, -0.2) is 37.7 Å². The third kappa shape index (κ3) is 2.37. The van der Waals surface area contributed by atoms with Crippen LogP contribution in [0, 0.1) is 6.92 Å². The van der Waals surface area contributed by atoms with Gasteiger partial charge in [-0.1, -0.05) is 12.1 Å². The summed E-state index contributed by atoms with van der Waals surface area (Å²) in [7, 11) is 4.26. The fraction of sp³-hybridized carbons (Fsp3) is 0.625. The standard InChI is InChI=1S/C16H24N2O/c1-12-4-5-13-14(17-2)11-16(19-15(13)10-12)6-8-18(3)9-7-16/h4-5,10,14,17H,6-9,11H2,1-3H3. The number of nitrogens with zero attached hydrogens (tertiary/aromatic N) is 1. The molecule has 1 fully saturated rings. The molecule has 2 heterocycles. The number of likely N-dealkylation sites (tertiary alicyclic amines) is 1. The number of nitrogens with one attached hydrogen (secondary N) is 1. The van der Waals surface area contributed by atoms with Gasteiger partial charge in [-0.15, -0.1) is 0 Å². The van der Waals surface area contributed by atoms with Crippen LogP contribution in [0.4, 0.5) is 0 Å². The van der Waals surface area contributed by atoms with Crippen LogP contribution in [0.15, 0.2) is 18.2 Å². The molecule has 1 aromatic rings. The number of hydrogen-bond acceptors (Lipinski definition) is 3. The average molecular weight is 260 g/mol.